The third kappa shape index (κ3) is 8.21. The third-order valence-electron chi connectivity index (χ3n) is 10.7. The number of H-pyrrole nitrogens is 2. The molecule has 2 aromatic heterocycles. The molecule has 1 saturated heterocycles. The Morgan fingerprint density at radius 2 is 1.54 bits per heavy atom. The van der Waals surface area contributed by atoms with Gasteiger partial charge in [0.1, 0.15) is 17.6 Å². The Balaban J connectivity index is 1.16. The molecule has 298 valence electrons. The third-order valence-corrected chi connectivity index (χ3v) is 10.7. The van der Waals surface area contributed by atoms with Gasteiger partial charge in [-0.2, -0.15) is 0 Å². The van der Waals surface area contributed by atoms with Crippen LogP contribution in [-0.2, 0) is 25.5 Å². The fourth-order valence-electron chi connectivity index (χ4n) is 7.32. The van der Waals surface area contributed by atoms with Crippen LogP contribution in [0.15, 0.2) is 48.7 Å². The summed E-state index contributed by atoms with van der Waals surface area (Å²) in [6.07, 6.45) is 2.73. The van der Waals surface area contributed by atoms with Crippen LogP contribution < -0.4 is 20.3 Å². The SMILES string of the molecule is COC(=O)N[C@H](C(=O)C(C)N(C)c1nc2c([nH]1)CCOc1cc(-c3ccc(-c4cnc([C@@H]5CCCN5C(=O)[C@@H](NC(=O)OC)C(C)C)[nH]4)cc3)ccc1-2)C(C)C. The maximum Gasteiger partial charge on any atom is 0.407 e. The molecule has 56 heavy (non-hydrogen) atoms. The number of alkyl carbamates (subject to hydrolysis) is 2. The lowest BCUT2D eigenvalue weighted by molar-refractivity contribution is -0.135. The van der Waals surface area contributed by atoms with Gasteiger partial charge in [-0.05, 0) is 60.4 Å². The average Bonchev–Trinajstić information content (AvgIpc) is 3.96. The summed E-state index contributed by atoms with van der Waals surface area (Å²) in [7, 11) is 4.37. The molecule has 1 unspecified atom stereocenters. The second kappa shape index (κ2) is 16.9. The highest BCUT2D eigenvalue weighted by molar-refractivity contribution is 5.93. The Labute approximate surface area is 326 Å². The van der Waals surface area contributed by atoms with Crippen LogP contribution in [0.25, 0.3) is 33.6 Å². The van der Waals surface area contributed by atoms with Crippen molar-refractivity contribution >= 4 is 29.8 Å². The van der Waals surface area contributed by atoms with Gasteiger partial charge in [0.15, 0.2) is 5.78 Å². The van der Waals surface area contributed by atoms with Gasteiger partial charge >= 0.3 is 12.2 Å². The number of rotatable bonds is 12. The summed E-state index contributed by atoms with van der Waals surface area (Å²) in [4.78, 5) is 71.0. The zero-order valence-corrected chi connectivity index (χ0v) is 33.3. The van der Waals surface area contributed by atoms with Gasteiger partial charge in [0.05, 0.1) is 56.5 Å². The molecule has 0 aliphatic carbocycles. The molecule has 2 aliphatic rings. The Morgan fingerprint density at radius 1 is 0.893 bits per heavy atom. The Morgan fingerprint density at radius 3 is 2.20 bits per heavy atom. The van der Waals surface area contributed by atoms with Crippen molar-refractivity contribution in [2.75, 3.05) is 39.3 Å². The largest absolute Gasteiger partial charge is 0.492 e. The highest BCUT2D eigenvalue weighted by atomic mass is 16.5. The van der Waals surface area contributed by atoms with E-state index in [0.29, 0.717) is 37.1 Å². The predicted octanol–water partition coefficient (Wildman–Crippen LogP) is 5.89. The Bertz CT molecular complexity index is 2060. The molecule has 0 spiro atoms. The van der Waals surface area contributed by atoms with Crippen molar-refractivity contribution in [2.24, 2.45) is 11.8 Å². The number of Topliss-reactive ketones (excluding diaryl/α,β-unsaturated/α-hetero) is 1. The van der Waals surface area contributed by atoms with Gasteiger partial charge in [-0.25, -0.2) is 19.6 Å². The van der Waals surface area contributed by atoms with Crippen LogP contribution >= 0.6 is 0 Å². The highest BCUT2D eigenvalue weighted by Gasteiger charge is 2.38. The number of nitrogens with zero attached hydrogens (tertiary/aromatic N) is 4. The normalized spacial score (nSPS) is 16.5. The van der Waals surface area contributed by atoms with E-state index in [1.807, 2.05) is 65.1 Å². The first-order valence-corrected chi connectivity index (χ1v) is 19.1. The number of aromatic amines is 2. The zero-order valence-electron chi connectivity index (χ0n) is 33.3. The maximum atomic E-state index is 13.6. The number of carbonyl (C=O) groups is 4. The second-order valence-electron chi connectivity index (χ2n) is 15.1. The molecule has 0 radical (unpaired) electrons. The molecule has 15 nitrogen and oxygen atoms in total. The summed E-state index contributed by atoms with van der Waals surface area (Å²) < 4.78 is 15.7. The molecule has 2 aliphatic heterocycles. The number of carbonyl (C=O) groups excluding carboxylic acids is 4. The van der Waals surface area contributed by atoms with Crippen LogP contribution in [0, 0.1) is 11.8 Å². The molecule has 1 fully saturated rings. The van der Waals surface area contributed by atoms with E-state index in [4.69, 9.17) is 19.2 Å². The van der Waals surface area contributed by atoms with E-state index in [-0.39, 0.29) is 29.6 Å². The van der Waals surface area contributed by atoms with Gasteiger partial charge in [0, 0.05) is 31.3 Å². The standard InChI is InChI=1S/C41H52N8O7/c1-22(2)33(46-40(52)54-7)36(50)24(5)48(6)39-44-29-17-19-56-32-20-27(15-16-28(32)35(29)45-39)25-11-13-26(14-12-25)30-21-42-37(43-30)31-10-9-18-49(31)38(51)34(23(3)4)47-41(53)55-8/h11-16,20-24,31,33-34H,9-10,17-19H2,1-8H3,(H,42,43)(H,44,45)(H,46,52)(H,47,53)/t24?,31-,33-,34-/m0/s1. The first-order chi connectivity index (χ1) is 26.8. The number of nitrogens with one attached hydrogen (secondary N) is 4. The summed E-state index contributed by atoms with van der Waals surface area (Å²) in [6.45, 7) is 10.4. The molecular formula is C41H52N8O7. The average molecular weight is 769 g/mol. The molecule has 0 saturated carbocycles. The quantitative estimate of drug-likeness (QED) is 0.136. The highest BCUT2D eigenvalue weighted by Crippen LogP contribution is 2.39. The topological polar surface area (TPSA) is 184 Å². The summed E-state index contributed by atoms with van der Waals surface area (Å²) in [5.41, 5.74) is 6.31. The van der Waals surface area contributed by atoms with Gasteiger partial charge in [0.2, 0.25) is 11.9 Å². The van der Waals surface area contributed by atoms with Crippen molar-refractivity contribution in [3.05, 3.63) is 60.2 Å². The van der Waals surface area contributed by atoms with Gasteiger partial charge in [0.25, 0.3) is 0 Å². The molecule has 15 heteroatoms. The van der Waals surface area contributed by atoms with Gasteiger partial charge in [-0.3, -0.25) is 9.59 Å². The number of anilines is 1. The van der Waals surface area contributed by atoms with Crippen molar-refractivity contribution in [1.82, 2.24) is 35.5 Å². The van der Waals surface area contributed by atoms with E-state index in [9.17, 15) is 19.2 Å². The summed E-state index contributed by atoms with van der Waals surface area (Å²) >= 11 is 0. The van der Waals surface area contributed by atoms with Crippen molar-refractivity contribution in [3.63, 3.8) is 0 Å². The second-order valence-corrected chi connectivity index (χ2v) is 15.1. The number of fused-ring (bicyclic) bond motifs is 3. The van der Waals surface area contributed by atoms with E-state index >= 15 is 0 Å². The van der Waals surface area contributed by atoms with Crippen molar-refractivity contribution in [3.8, 4) is 39.4 Å². The number of ether oxygens (including phenoxy) is 3. The molecule has 4 aromatic rings. The number of ketones is 1. The number of likely N-dealkylation sites (tertiary alicyclic amines) is 1. The number of likely N-dealkylation sites (N-methyl/N-ethyl adjacent to an activating group) is 1. The van der Waals surface area contributed by atoms with Crippen LogP contribution in [0.3, 0.4) is 0 Å². The number of methoxy groups -OCH3 is 2. The first kappa shape index (κ1) is 39.8. The predicted molar refractivity (Wildman–Crippen MR) is 211 cm³/mol. The van der Waals surface area contributed by atoms with Gasteiger partial charge in [-0.15, -0.1) is 0 Å². The monoisotopic (exact) mass is 768 g/mol. The van der Waals surface area contributed by atoms with E-state index in [1.165, 1.54) is 14.2 Å². The number of aromatic nitrogens is 4. The van der Waals surface area contributed by atoms with Crippen LogP contribution in [0.1, 0.15) is 65.0 Å². The molecule has 0 bridgehead atoms. The lowest BCUT2D eigenvalue weighted by Gasteiger charge is -2.30. The lowest BCUT2D eigenvalue weighted by Crippen LogP contribution is -2.52. The van der Waals surface area contributed by atoms with Gasteiger partial charge < -0.3 is 44.6 Å². The van der Waals surface area contributed by atoms with E-state index in [0.717, 1.165) is 52.2 Å². The van der Waals surface area contributed by atoms with Crippen LogP contribution in [0.4, 0.5) is 15.5 Å². The number of hydrogen-bond donors (Lipinski definition) is 4. The van der Waals surface area contributed by atoms with Crippen LogP contribution in [0.2, 0.25) is 0 Å². The molecule has 4 heterocycles. The van der Waals surface area contributed by atoms with Gasteiger partial charge in [-0.1, -0.05) is 58.0 Å². The molecule has 2 aromatic carbocycles. The molecule has 3 amide bonds. The zero-order chi connectivity index (χ0) is 40.3. The number of hydrogen-bond acceptors (Lipinski definition) is 10. The van der Waals surface area contributed by atoms with Crippen LogP contribution in [0.5, 0.6) is 5.75 Å². The molecule has 4 atom stereocenters. The smallest absolute Gasteiger partial charge is 0.407 e. The van der Waals surface area contributed by atoms with Crippen molar-refractivity contribution in [1.29, 1.82) is 0 Å². The van der Waals surface area contributed by atoms with Crippen LogP contribution in [-0.4, -0.2) is 101 Å². The minimum Gasteiger partial charge on any atom is -0.492 e. The maximum absolute atomic E-state index is 13.6. The number of benzene rings is 2. The minimum absolute atomic E-state index is 0.113. The lowest BCUT2D eigenvalue weighted by atomic mass is 9.95. The summed E-state index contributed by atoms with van der Waals surface area (Å²) in [6, 6.07) is 12.0. The molecule has 4 N–H and O–H groups in total. The van der Waals surface area contributed by atoms with Crippen molar-refractivity contribution in [2.45, 2.75) is 78.0 Å². The van der Waals surface area contributed by atoms with E-state index in [1.54, 1.807) is 22.9 Å². The summed E-state index contributed by atoms with van der Waals surface area (Å²) in [5, 5.41) is 5.36. The summed E-state index contributed by atoms with van der Waals surface area (Å²) in [5.74, 6) is 1.43. The fourth-order valence-corrected chi connectivity index (χ4v) is 7.32. The van der Waals surface area contributed by atoms with E-state index < -0.39 is 30.3 Å². The Hall–Kier alpha value is -5.86. The first-order valence-electron chi connectivity index (χ1n) is 19.1. The van der Waals surface area contributed by atoms with Crippen molar-refractivity contribution < 1.29 is 33.4 Å². The van der Waals surface area contributed by atoms with E-state index in [2.05, 4.69) is 37.7 Å². The fraction of sp³-hybridized carbons (Fsp3) is 0.463. The minimum atomic E-state index is -0.715. The number of amides is 3. The molecular weight excluding hydrogens is 716 g/mol. The number of imidazole rings is 2. The Kier molecular flexibility index (Phi) is 12.0. The molecule has 6 rings (SSSR count).